The maximum atomic E-state index is 12.8. The number of nitrogens with one attached hydrogen (secondary N) is 1. The van der Waals surface area contributed by atoms with Crippen molar-refractivity contribution in [2.24, 2.45) is 0 Å². The number of rotatable bonds is 8. The highest BCUT2D eigenvalue weighted by Crippen LogP contribution is 2.25. The molecule has 1 aliphatic heterocycles. The molecule has 8 nitrogen and oxygen atoms in total. The molecule has 0 bridgehead atoms. The van der Waals surface area contributed by atoms with Crippen LogP contribution < -0.4 is 10.1 Å². The van der Waals surface area contributed by atoms with Gasteiger partial charge >= 0.3 is 0 Å². The maximum Gasteiger partial charge on any atom is 0.259 e. The van der Waals surface area contributed by atoms with Gasteiger partial charge in [0.25, 0.3) is 5.91 Å². The van der Waals surface area contributed by atoms with Gasteiger partial charge in [0.15, 0.2) is 0 Å². The van der Waals surface area contributed by atoms with Crippen molar-refractivity contribution < 1.29 is 27.4 Å². The Morgan fingerprint density at radius 3 is 2.50 bits per heavy atom. The van der Waals surface area contributed by atoms with Crippen LogP contribution in [0.25, 0.3) is 0 Å². The lowest BCUT2D eigenvalue weighted by Gasteiger charge is -2.26. The molecular formula is C20H23BrN2O6S. The molecule has 2 aromatic carbocycles. The van der Waals surface area contributed by atoms with E-state index in [1.807, 2.05) is 0 Å². The van der Waals surface area contributed by atoms with E-state index in [9.17, 15) is 13.2 Å². The molecule has 1 heterocycles. The van der Waals surface area contributed by atoms with Crippen molar-refractivity contribution in [3.63, 3.8) is 0 Å². The third kappa shape index (κ3) is 5.58. The van der Waals surface area contributed by atoms with Crippen molar-refractivity contribution in [1.82, 2.24) is 4.31 Å². The van der Waals surface area contributed by atoms with E-state index in [1.54, 1.807) is 37.4 Å². The fraction of sp³-hybridized carbons (Fsp3) is 0.350. The minimum atomic E-state index is -3.58. The van der Waals surface area contributed by atoms with E-state index in [0.717, 1.165) is 4.47 Å². The van der Waals surface area contributed by atoms with E-state index in [2.05, 4.69) is 21.2 Å². The second-order valence-corrected chi connectivity index (χ2v) is 9.33. The second-order valence-electron chi connectivity index (χ2n) is 6.48. The quantitative estimate of drug-likeness (QED) is 0.562. The number of halogens is 1. The van der Waals surface area contributed by atoms with Gasteiger partial charge in [0.2, 0.25) is 10.0 Å². The third-order valence-electron chi connectivity index (χ3n) is 4.45. The highest BCUT2D eigenvalue weighted by Gasteiger charge is 2.26. The van der Waals surface area contributed by atoms with Crippen LogP contribution in [0.5, 0.6) is 5.75 Å². The molecule has 1 aliphatic rings. The Balaban J connectivity index is 1.72. The molecule has 0 saturated carbocycles. The molecular weight excluding hydrogens is 476 g/mol. The maximum absolute atomic E-state index is 12.8. The summed E-state index contributed by atoms with van der Waals surface area (Å²) in [6.07, 6.45) is 0. The zero-order valence-corrected chi connectivity index (χ0v) is 18.9. The molecule has 0 aliphatic carbocycles. The van der Waals surface area contributed by atoms with E-state index in [4.69, 9.17) is 14.2 Å². The summed E-state index contributed by atoms with van der Waals surface area (Å²) in [4.78, 5) is 12.9. The van der Waals surface area contributed by atoms with E-state index >= 15 is 0 Å². The zero-order valence-electron chi connectivity index (χ0n) is 16.5. The molecule has 0 unspecified atom stereocenters. The predicted octanol–water partition coefficient (Wildman–Crippen LogP) is 2.75. The first-order valence-corrected chi connectivity index (χ1v) is 11.6. The number of anilines is 1. The van der Waals surface area contributed by atoms with Crippen molar-refractivity contribution in [2.75, 3.05) is 51.9 Å². The fourth-order valence-electron chi connectivity index (χ4n) is 2.89. The molecule has 0 spiro atoms. The van der Waals surface area contributed by atoms with Gasteiger partial charge in [-0.3, -0.25) is 4.79 Å². The van der Waals surface area contributed by atoms with Crippen molar-refractivity contribution in [2.45, 2.75) is 4.90 Å². The first-order valence-electron chi connectivity index (χ1n) is 9.32. The summed E-state index contributed by atoms with van der Waals surface area (Å²) in [6.45, 7) is 2.14. The highest BCUT2D eigenvalue weighted by molar-refractivity contribution is 9.10. The van der Waals surface area contributed by atoms with Crippen LogP contribution in [0.3, 0.4) is 0 Å². The molecule has 10 heteroatoms. The standard InChI is InChI=1S/C20H23BrN2O6S/c1-27-12-13-29-19-7-2-15(21)14-18(19)20(24)22-16-3-5-17(6-4-16)30(25,26)23-8-10-28-11-9-23/h2-7,14H,8-13H2,1H3,(H,22,24). The van der Waals surface area contributed by atoms with Gasteiger partial charge in [0.1, 0.15) is 12.4 Å². The number of carbonyl (C=O) groups is 1. The molecule has 1 saturated heterocycles. The average molecular weight is 499 g/mol. The molecule has 0 atom stereocenters. The van der Waals surface area contributed by atoms with E-state index in [1.165, 1.54) is 16.4 Å². The second kappa shape index (κ2) is 10.4. The lowest BCUT2D eigenvalue weighted by Crippen LogP contribution is -2.40. The van der Waals surface area contributed by atoms with E-state index in [0.29, 0.717) is 56.5 Å². The monoisotopic (exact) mass is 498 g/mol. The minimum absolute atomic E-state index is 0.174. The van der Waals surface area contributed by atoms with Crippen LogP contribution in [0.1, 0.15) is 10.4 Å². The lowest BCUT2D eigenvalue weighted by atomic mass is 10.2. The normalized spacial score (nSPS) is 15.0. The summed E-state index contributed by atoms with van der Waals surface area (Å²) < 4.78 is 43.3. The Morgan fingerprint density at radius 2 is 1.83 bits per heavy atom. The van der Waals surface area contributed by atoms with Gasteiger partial charge < -0.3 is 19.5 Å². The van der Waals surface area contributed by atoms with Gasteiger partial charge in [0, 0.05) is 30.4 Å². The number of methoxy groups -OCH3 is 1. The van der Waals surface area contributed by atoms with Crippen LogP contribution in [-0.4, -0.2) is 65.3 Å². The predicted molar refractivity (Wildman–Crippen MR) is 115 cm³/mol. The molecule has 1 amide bonds. The van der Waals surface area contributed by atoms with Crippen molar-refractivity contribution in [3.8, 4) is 5.75 Å². The number of ether oxygens (including phenoxy) is 3. The van der Waals surface area contributed by atoms with Gasteiger partial charge in [0.05, 0.1) is 30.3 Å². The first-order chi connectivity index (χ1) is 14.4. The van der Waals surface area contributed by atoms with Gasteiger partial charge in [-0.1, -0.05) is 15.9 Å². The summed E-state index contributed by atoms with van der Waals surface area (Å²) in [5.41, 5.74) is 0.828. The summed E-state index contributed by atoms with van der Waals surface area (Å²) >= 11 is 3.36. The average Bonchev–Trinajstić information content (AvgIpc) is 2.76. The third-order valence-corrected chi connectivity index (χ3v) is 6.86. The van der Waals surface area contributed by atoms with E-state index in [-0.39, 0.29) is 10.8 Å². The van der Waals surface area contributed by atoms with Crippen LogP contribution in [0.2, 0.25) is 0 Å². The Labute approximate surface area is 184 Å². The minimum Gasteiger partial charge on any atom is -0.490 e. The molecule has 30 heavy (non-hydrogen) atoms. The summed E-state index contributed by atoms with van der Waals surface area (Å²) in [6, 6.07) is 11.2. The van der Waals surface area contributed by atoms with Crippen LogP contribution in [-0.2, 0) is 19.5 Å². The molecule has 3 rings (SSSR count). The number of hydrogen-bond acceptors (Lipinski definition) is 6. The molecule has 162 valence electrons. The fourth-order valence-corrected chi connectivity index (χ4v) is 4.65. The molecule has 1 fully saturated rings. The SMILES string of the molecule is COCCOc1ccc(Br)cc1C(=O)Nc1ccc(S(=O)(=O)N2CCOCC2)cc1. The summed E-state index contributed by atoms with van der Waals surface area (Å²) in [7, 11) is -2.01. The summed E-state index contributed by atoms with van der Waals surface area (Å²) in [5.74, 6) is 0.0618. The Morgan fingerprint density at radius 1 is 1.13 bits per heavy atom. The molecule has 0 radical (unpaired) electrons. The molecule has 0 aromatic heterocycles. The van der Waals surface area contributed by atoms with Gasteiger partial charge in [-0.2, -0.15) is 4.31 Å². The van der Waals surface area contributed by atoms with Gasteiger partial charge in [-0.05, 0) is 42.5 Å². The van der Waals surface area contributed by atoms with Gasteiger partial charge in [-0.25, -0.2) is 8.42 Å². The number of benzene rings is 2. The lowest BCUT2D eigenvalue weighted by molar-refractivity contribution is 0.0730. The largest absolute Gasteiger partial charge is 0.490 e. The Hall–Kier alpha value is -1.98. The Bertz CT molecular complexity index is 975. The van der Waals surface area contributed by atoms with Crippen LogP contribution in [0.15, 0.2) is 51.8 Å². The zero-order chi connectivity index (χ0) is 21.6. The number of sulfonamides is 1. The van der Waals surface area contributed by atoms with Crippen molar-refractivity contribution >= 4 is 37.5 Å². The molecule has 1 N–H and O–H groups in total. The van der Waals surface area contributed by atoms with Crippen LogP contribution in [0.4, 0.5) is 5.69 Å². The van der Waals surface area contributed by atoms with Crippen molar-refractivity contribution in [1.29, 1.82) is 0 Å². The van der Waals surface area contributed by atoms with Gasteiger partial charge in [-0.15, -0.1) is 0 Å². The Kier molecular flexibility index (Phi) is 7.84. The van der Waals surface area contributed by atoms with Crippen LogP contribution >= 0.6 is 15.9 Å². The number of carbonyl (C=O) groups excluding carboxylic acids is 1. The van der Waals surface area contributed by atoms with Crippen molar-refractivity contribution in [3.05, 3.63) is 52.5 Å². The number of amides is 1. The summed E-state index contributed by atoms with van der Waals surface area (Å²) in [5, 5.41) is 2.78. The smallest absolute Gasteiger partial charge is 0.259 e. The molecule has 2 aromatic rings. The number of morpholine rings is 1. The van der Waals surface area contributed by atoms with Crippen LogP contribution in [0, 0.1) is 0 Å². The first kappa shape index (κ1) is 22.7. The van der Waals surface area contributed by atoms with E-state index < -0.39 is 10.0 Å². The number of hydrogen-bond donors (Lipinski definition) is 1. The number of nitrogens with zero attached hydrogens (tertiary/aromatic N) is 1. The highest BCUT2D eigenvalue weighted by atomic mass is 79.9. The topological polar surface area (TPSA) is 94.2 Å².